The molecule has 0 bridgehead atoms. The fraction of sp³-hybridized carbons (Fsp3) is 0.474. The molecule has 0 aliphatic carbocycles. The Balaban J connectivity index is 1.49. The van der Waals surface area contributed by atoms with Crippen LogP contribution >= 0.6 is 0 Å². The molecular formula is C19H26N4. The first-order valence-electron chi connectivity index (χ1n) is 8.63. The molecular weight excluding hydrogens is 284 g/mol. The highest BCUT2D eigenvalue weighted by Crippen LogP contribution is 2.22. The summed E-state index contributed by atoms with van der Waals surface area (Å²) in [6.45, 7) is 7.68. The van der Waals surface area contributed by atoms with Crippen LogP contribution in [0.25, 0.3) is 0 Å². The van der Waals surface area contributed by atoms with Gasteiger partial charge in [0.1, 0.15) is 5.82 Å². The van der Waals surface area contributed by atoms with Crippen molar-refractivity contribution in [3.8, 4) is 0 Å². The number of piperidine rings is 1. The predicted molar refractivity (Wildman–Crippen MR) is 94.4 cm³/mol. The van der Waals surface area contributed by atoms with E-state index in [-0.39, 0.29) is 0 Å². The lowest BCUT2D eigenvalue weighted by Crippen LogP contribution is -2.39. The number of rotatable bonds is 6. The van der Waals surface area contributed by atoms with Gasteiger partial charge in [-0.1, -0.05) is 19.1 Å². The molecule has 0 aromatic carbocycles. The van der Waals surface area contributed by atoms with Crippen LogP contribution in [0.4, 0.5) is 5.82 Å². The second kappa shape index (κ2) is 8.06. The Morgan fingerprint density at radius 1 is 1.04 bits per heavy atom. The van der Waals surface area contributed by atoms with Crippen molar-refractivity contribution in [2.45, 2.75) is 26.3 Å². The summed E-state index contributed by atoms with van der Waals surface area (Å²) in [5.74, 6) is 1.89. The van der Waals surface area contributed by atoms with Gasteiger partial charge < -0.3 is 4.90 Å². The lowest BCUT2D eigenvalue weighted by molar-refractivity contribution is 0.211. The summed E-state index contributed by atoms with van der Waals surface area (Å²) in [6.07, 6.45) is 6.26. The van der Waals surface area contributed by atoms with Gasteiger partial charge in [-0.15, -0.1) is 0 Å². The summed E-state index contributed by atoms with van der Waals surface area (Å²) in [6, 6.07) is 12.3. The first kappa shape index (κ1) is 15.9. The van der Waals surface area contributed by atoms with Crippen LogP contribution in [0.5, 0.6) is 0 Å². The molecule has 3 heterocycles. The molecule has 4 heteroatoms. The number of hydrogen-bond acceptors (Lipinski definition) is 4. The average molecular weight is 310 g/mol. The molecule has 0 spiro atoms. The lowest BCUT2D eigenvalue weighted by atomic mass is 9.96. The predicted octanol–water partition coefficient (Wildman–Crippen LogP) is 3.22. The topological polar surface area (TPSA) is 32.3 Å². The van der Waals surface area contributed by atoms with Crippen molar-refractivity contribution < 1.29 is 0 Å². The molecule has 4 nitrogen and oxygen atoms in total. The maximum absolute atomic E-state index is 4.47. The summed E-state index contributed by atoms with van der Waals surface area (Å²) >= 11 is 0. The van der Waals surface area contributed by atoms with Gasteiger partial charge in [0, 0.05) is 38.6 Å². The molecule has 2 aromatic rings. The van der Waals surface area contributed by atoms with Gasteiger partial charge in [0.15, 0.2) is 0 Å². The zero-order valence-electron chi connectivity index (χ0n) is 13.9. The fourth-order valence-electron chi connectivity index (χ4n) is 3.28. The van der Waals surface area contributed by atoms with Crippen molar-refractivity contribution in [2.24, 2.45) is 5.92 Å². The van der Waals surface area contributed by atoms with E-state index in [2.05, 4.69) is 51.0 Å². The van der Waals surface area contributed by atoms with Crippen molar-refractivity contribution >= 4 is 5.82 Å². The Morgan fingerprint density at radius 2 is 1.78 bits per heavy atom. The van der Waals surface area contributed by atoms with Crippen LogP contribution in [0.1, 0.15) is 25.5 Å². The molecule has 23 heavy (non-hydrogen) atoms. The molecule has 0 radical (unpaired) electrons. The van der Waals surface area contributed by atoms with E-state index in [9.17, 15) is 0 Å². The number of aromatic nitrogens is 2. The van der Waals surface area contributed by atoms with Crippen LogP contribution < -0.4 is 4.90 Å². The van der Waals surface area contributed by atoms with E-state index in [1.807, 2.05) is 24.5 Å². The summed E-state index contributed by atoms with van der Waals surface area (Å²) < 4.78 is 0. The third kappa shape index (κ3) is 4.52. The minimum atomic E-state index is 0.777. The standard InChI is InChI=1S/C19H26N4/c1-2-22(16-18-7-3-5-11-20-18)15-17-9-13-23(14-10-17)19-8-4-6-12-21-19/h3-8,11-12,17H,2,9-10,13-16H2,1H3. The Kier molecular flexibility index (Phi) is 5.59. The molecule has 122 valence electrons. The van der Waals surface area contributed by atoms with Crippen molar-refractivity contribution in [3.05, 3.63) is 54.5 Å². The quantitative estimate of drug-likeness (QED) is 0.820. The second-order valence-corrected chi connectivity index (χ2v) is 6.27. The highest BCUT2D eigenvalue weighted by atomic mass is 15.2. The molecule has 2 aromatic heterocycles. The molecule has 1 fully saturated rings. The lowest BCUT2D eigenvalue weighted by Gasteiger charge is -2.35. The highest BCUT2D eigenvalue weighted by Gasteiger charge is 2.21. The van der Waals surface area contributed by atoms with Gasteiger partial charge in [0.25, 0.3) is 0 Å². The van der Waals surface area contributed by atoms with Crippen LogP contribution in [0.15, 0.2) is 48.8 Å². The summed E-state index contributed by atoms with van der Waals surface area (Å²) in [7, 11) is 0. The number of anilines is 1. The fourth-order valence-corrected chi connectivity index (χ4v) is 3.28. The number of pyridine rings is 2. The highest BCUT2D eigenvalue weighted by molar-refractivity contribution is 5.37. The zero-order chi connectivity index (χ0) is 15.9. The monoisotopic (exact) mass is 310 g/mol. The van der Waals surface area contributed by atoms with Crippen LogP contribution in [0, 0.1) is 5.92 Å². The molecule has 1 aliphatic rings. The minimum absolute atomic E-state index is 0.777. The summed E-state index contributed by atoms with van der Waals surface area (Å²) in [5.41, 5.74) is 1.17. The third-order valence-corrected chi connectivity index (χ3v) is 4.66. The smallest absolute Gasteiger partial charge is 0.128 e. The van der Waals surface area contributed by atoms with Crippen LogP contribution in [-0.4, -0.2) is 41.0 Å². The van der Waals surface area contributed by atoms with E-state index in [4.69, 9.17) is 0 Å². The zero-order valence-corrected chi connectivity index (χ0v) is 13.9. The third-order valence-electron chi connectivity index (χ3n) is 4.66. The molecule has 0 atom stereocenters. The molecule has 0 amide bonds. The van der Waals surface area contributed by atoms with Gasteiger partial charge in [0.05, 0.1) is 5.69 Å². The van der Waals surface area contributed by atoms with Gasteiger partial charge >= 0.3 is 0 Å². The van der Waals surface area contributed by atoms with Crippen molar-refractivity contribution in [1.29, 1.82) is 0 Å². The van der Waals surface area contributed by atoms with Gasteiger partial charge in [-0.25, -0.2) is 4.98 Å². The van der Waals surface area contributed by atoms with Gasteiger partial charge in [0.2, 0.25) is 0 Å². The van der Waals surface area contributed by atoms with E-state index in [0.29, 0.717) is 0 Å². The average Bonchev–Trinajstić information content (AvgIpc) is 2.63. The van der Waals surface area contributed by atoms with Crippen LogP contribution in [-0.2, 0) is 6.54 Å². The van der Waals surface area contributed by atoms with E-state index < -0.39 is 0 Å². The first-order chi connectivity index (χ1) is 11.3. The molecule has 1 aliphatic heterocycles. The van der Waals surface area contributed by atoms with Crippen LogP contribution in [0.3, 0.4) is 0 Å². The van der Waals surface area contributed by atoms with E-state index in [1.165, 1.54) is 25.1 Å². The SMILES string of the molecule is CCN(Cc1ccccn1)CC1CCN(c2ccccn2)CC1. The maximum atomic E-state index is 4.47. The number of hydrogen-bond donors (Lipinski definition) is 0. The van der Waals surface area contributed by atoms with Crippen molar-refractivity contribution in [2.75, 3.05) is 31.1 Å². The normalized spacial score (nSPS) is 16.0. The maximum Gasteiger partial charge on any atom is 0.128 e. The minimum Gasteiger partial charge on any atom is -0.357 e. The van der Waals surface area contributed by atoms with E-state index in [1.54, 1.807) is 0 Å². The molecule has 3 rings (SSSR count). The van der Waals surface area contributed by atoms with Crippen molar-refractivity contribution in [3.63, 3.8) is 0 Å². The number of nitrogens with zero attached hydrogens (tertiary/aromatic N) is 4. The summed E-state index contributed by atoms with van der Waals surface area (Å²) in [5, 5.41) is 0. The van der Waals surface area contributed by atoms with Gasteiger partial charge in [-0.2, -0.15) is 0 Å². The van der Waals surface area contributed by atoms with Gasteiger partial charge in [-0.05, 0) is 49.6 Å². The Hall–Kier alpha value is -1.94. The Morgan fingerprint density at radius 3 is 2.39 bits per heavy atom. The van der Waals surface area contributed by atoms with Crippen LogP contribution in [0.2, 0.25) is 0 Å². The molecule has 0 N–H and O–H groups in total. The Bertz CT molecular complexity index is 564. The van der Waals surface area contributed by atoms with E-state index >= 15 is 0 Å². The largest absolute Gasteiger partial charge is 0.357 e. The second-order valence-electron chi connectivity index (χ2n) is 6.27. The Labute approximate surface area is 139 Å². The van der Waals surface area contributed by atoms with Crippen molar-refractivity contribution in [1.82, 2.24) is 14.9 Å². The molecule has 0 saturated carbocycles. The first-order valence-corrected chi connectivity index (χ1v) is 8.63. The van der Waals surface area contributed by atoms with E-state index in [0.717, 1.165) is 37.9 Å². The van der Waals surface area contributed by atoms with Gasteiger partial charge in [-0.3, -0.25) is 9.88 Å². The summed E-state index contributed by atoms with van der Waals surface area (Å²) in [4.78, 5) is 13.8. The molecule has 0 unspecified atom stereocenters. The molecule has 1 saturated heterocycles.